The third-order valence-corrected chi connectivity index (χ3v) is 3.26. The molecule has 1 unspecified atom stereocenters. The zero-order valence-corrected chi connectivity index (χ0v) is 11.1. The molecule has 1 aliphatic heterocycles. The maximum absolute atomic E-state index is 12.1. The van der Waals surface area contributed by atoms with Gasteiger partial charge in [0.05, 0.1) is 11.2 Å². The topological polar surface area (TPSA) is 78.8 Å². The van der Waals surface area contributed by atoms with E-state index in [9.17, 15) is 15.0 Å². The molecule has 1 aromatic carbocycles. The number of ether oxygens (including phenoxy) is 1. The Morgan fingerprint density at radius 3 is 2.84 bits per heavy atom. The van der Waals surface area contributed by atoms with Crippen molar-refractivity contribution >= 4 is 5.91 Å². The van der Waals surface area contributed by atoms with E-state index in [1.807, 2.05) is 13.8 Å². The van der Waals surface area contributed by atoms with Crippen molar-refractivity contribution in [1.29, 1.82) is 0 Å². The van der Waals surface area contributed by atoms with Crippen molar-refractivity contribution in [3.05, 3.63) is 23.8 Å². The van der Waals surface area contributed by atoms with Crippen LogP contribution in [0.25, 0.3) is 0 Å². The number of nitrogens with one attached hydrogen (secondary N) is 1. The quantitative estimate of drug-likeness (QED) is 0.712. The number of phenolic OH excluding ortho intramolecular Hbond substituents is 2. The van der Waals surface area contributed by atoms with Gasteiger partial charge in [0.25, 0.3) is 5.91 Å². The molecule has 0 saturated carbocycles. The van der Waals surface area contributed by atoms with Gasteiger partial charge in [-0.2, -0.15) is 0 Å². The van der Waals surface area contributed by atoms with E-state index in [2.05, 4.69) is 5.32 Å². The molecular weight excluding hydrogens is 246 g/mol. The first kappa shape index (κ1) is 13.7. The first-order valence-corrected chi connectivity index (χ1v) is 6.34. The van der Waals surface area contributed by atoms with Crippen LogP contribution in [0.15, 0.2) is 18.2 Å². The largest absolute Gasteiger partial charge is 0.508 e. The Kier molecular flexibility index (Phi) is 3.66. The van der Waals surface area contributed by atoms with Crippen molar-refractivity contribution in [2.75, 3.05) is 6.61 Å². The minimum atomic E-state index is -0.379. The van der Waals surface area contributed by atoms with Gasteiger partial charge in [0.2, 0.25) is 0 Å². The van der Waals surface area contributed by atoms with Crippen LogP contribution in [-0.4, -0.2) is 34.4 Å². The van der Waals surface area contributed by atoms with Crippen LogP contribution in [0.2, 0.25) is 0 Å². The fourth-order valence-electron chi connectivity index (χ4n) is 2.32. The van der Waals surface area contributed by atoms with Crippen molar-refractivity contribution in [3.63, 3.8) is 0 Å². The van der Waals surface area contributed by atoms with Crippen molar-refractivity contribution in [2.45, 2.75) is 38.3 Å². The van der Waals surface area contributed by atoms with Crippen LogP contribution < -0.4 is 5.32 Å². The average molecular weight is 265 g/mol. The predicted octanol–water partition coefficient (Wildman–Crippen LogP) is 1.79. The summed E-state index contributed by atoms with van der Waals surface area (Å²) in [5.41, 5.74) is -0.166. The lowest BCUT2D eigenvalue weighted by atomic mass is 9.93. The Morgan fingerprint density at radius 1 is 1.42 bits per heavy atom. The summed E-state index contributed by atoms with van der Waals surface area (Å²) in [6, 6.07) is 3.91. The highest BCUT2D eigenvalue weighted by Gasteiger charge is 2.30. The van der Waals surface area contributed by atoms with Crippen molar-refractivity contribution in [1.82, 2.24) is 5.32 Å². The van der Waals surface area contributed by atoms with E-state index in [1.54, 1.807) is 0 Å². The molecule has 0 radical (unpaired) electrons. The van der Waals surface area contributed by atoms with Gasteiger partial charge >= 0.3 is 0 Å². The van der Waals surface area contributed by atoms with Gasteiger partial charge in [-0.25, -0.2) is 0 Å². The highest BCUT2D eigenvalue weighted by atomic mass is 16.5. The van der Waals surface area contributed by atoms with Gasteiger partial charge in [0, 0.05) is 12.6 Å². The third-order valence-electron chi connectivity index (χ3n) is 3.26. The van der Waals surface area contributed by atoms with Gasteiger partial charge in [-0.1, -0.05) is 0 Å². The number of hydrogen-bond acceptors (Lipinski definition) is 4. The van der Waals surface area contributed by atoms with E-state index in [0.717, 1.165) is 12.8 Å². The molecule has 3 N–H and O–H groups in total. The predicted molar refractivity (Wildman–Crippen MR) is 70.3 cm³/mol. The van der Waals surface area contributed by atoms with Gasteiger partial charge in [-0.15, -0.1) is 0 Å². The summed E-state index contributed by atoms with van der Waals surface area (Å²) in [5.74, 6) is -0.562. The zero-order valence-electron chi connectivity index (χ0n) is 11.1. The summed E-state index contributed by atoms with van der Waals surface area (Å²) >= 11 is 0. The molecule has 1 atom stereocenters. The molecule has 0 aliphatic carbocycles. The van der Waals surface area contributed by atoms with Gasteiger partial charge in [-0.05, 0) is 44.9 Å². The second-order valence-corrected chi connectivity index (χ2v) is 5.47. The highest BCUT2D eigenvalue weighted by Crippen LogP contribution is 2.26. The van der Waals surface area contributed by atoms with Crippen molar-refractivity contribution < 1.29 is 19.7 Å². The van der Waals surface area contributed by atoms with E-state index >= 15 is 0 Å². The number of aromatic hydroxyl groups is 2. The zero-order chi connectivity index (χ0) is 14.0. The van der Waals surface area contributed by atoms with E-state index in [-0.39, 0.29) is 34.6 Å². The highest BCUT2D eigenvalue weighted by molar-refractivity contribution is 5.97. The molecule has 5 heteroatoms. The van der Waals surface area contributed by atoms with Crippen LogP contribution in [0.1, 0.15) is 37.0 Å². The van der Waals surface area contributed by atoms with Crippen LogP contribution in [-0.2, 0) is 4.74 Å². The van der Waals surface area contributed by atoms with Crippen molar-refractivity contribution in [2.24, 2.45) is 0 Å². The normalized spacial score (nSPS) is 21.9. The fraction of sp³-hybridized carbons (Fsp3) is 0.500. The van der Waals surface area contributed by atoms with E-state index in [4.69, 9.17) is 4.74 Å². The lowest BCUT2D eigenvalue weighted by Crippen LogP contribution is -2.45. The Hall–Kier alpha value is -1.75. The number of hydrogen-bond donors (Lipinski definition) is 3. The maximum Gasteiger partial charge on any atom is 0.255 e. The molecule has 1 fully saturated rings. The molecule has 1 saturated heterocycles. The molecule has 0 bridgehead atoms. The fourth-order valence-corrected chi connectivity index (χ4v) is 2.32. The molecule has 1 aromatic rings. The van der Waals surface area contributed by atoms with Crippen LogP contribution >= 0.6 is 0 Å². The molecule has 1 aliphatic rings. The number of carbonyl (C=O) groups excluding carboxylic acids is 1. The van der Waals surface area contributed by atoms with Crippen molar-refractivity contribution in [3.8, 4) is 11.5 Å². The monoisotopic (exact) mass is 265 g/mol. The molecule has 2 rings (SSSR count). The smallest absolute Gasteiger partial charge is 0.255 e. The minimum Gasteiger partial charge on any atom is -0.508 e. The summed E-state index contributed by atoms with van der Waals surface area (Å²) in [6.45, 7) is 4.57. The standard InChI is InChI=1S/C14H19NO4/c1-14(2)8-9(5-6-19-14)15-13(18)11-7-10(16)3-4-12(11)17/h3-4,7,9,16-17H,5-6,8H2,1-2H3,(H,15,18). The molecule has 1 heterocycles. The number of rotatable bonds is 2. The Labute approximate surface area is 112 Å². The van der Waals surface area contributed by atoms with Gasteiger partial charge in [0.15, 0.2) is 0 Å². The Morgan fingerprint density at radius 2 is 2.16 bits per heavy atom. The number of phenols is 2. The van der Waals surface area contributed by atoms with Gasteiger partial charge in [0.1, 0.15) is 11.5 Å². The summed E-state index contributed by atoms with van der Waals surface area (Å²) in [5, 5.41) is 21.9. The summed E-state index contributed by atoms with van der Waals surface area (Å²) in [6.07, 6.45) is 1.47. The molecule has 0 spiro atoms. The molecule has 19 heavy (non-hydrogen) atoms. The Balaban J connectivity index is 2.06. The SMILES string of the molecule is CC1(C)CC(NC(=O)c2cc(O)ccc2O)CCO1. The van der Waals surface area contributed by atoms with E-state index in [0.29, 0.717) is 6.61 Å². The lowest BCUT2D eigenvalue weighted by molar-refractivity contribution is -0.0615. The average Bonchev–Trinajstić information content (AvgIpc) is 2.31. The number of benzene rings is 1. The summed E-state index contributed by atoms with van der Waals surface area (Å²) in [4.78, 5) is 12.1. The van der Waals surface area contributed by atoms with E-state index < -0.39 is 0 Å². The Bertz CT molecular complexity index is 484. The molecule has 104 valence electrons. The number of carbonyl (C=O) groups is 1. The third kappa shape index (κ3) is 3.38. The molecule has 0 aromatic heterocycles. The summed E-state index contributed by atoms with van der Waals surface area (Å²) in [7, 11) is 0. The molecular formula is C14H19NO4. The number of amides is 1. The first-order chi connectivity index (χ1) is 8.87. The maximum atomic E-state index is 12.1. The summed E-state index contributed by atoms with van der Waals surface area (Å²) < 4.78 is 5.58. The minimum absolute atomic E-state index is 0.0120. The van der Waals surface area contributed by atoms with Gasteiger partial charge < -0.3 is 20.3 Å². The second kappa shape index (κ2) is 5.09. The van der Waals surface area contributed by atoms with Crippen LogP contribution in [0.4, 0.5) is 0 Å². The van der Waals surface area contributed by atoms with Gasteiger partial charge in [-0.3, -0.25) is 4.79 Å². The molecule has 5 nitrogen and oxygen atoms in total. The van der Waals surface area contributed by atoms with E-state index in [1.165, 1.54) is 18.2 Å². The first-order valence-electron chi connectivity index (χ1n) is 6.34. The van der Waals surface area contributed by atoms with Crippen LogP contribution in [0.5, 0.6) is 11.5 Å². The lowest BCUT2D eigenvalue weighted by Gasteiger charge is -2.35. The second-order valence-electron chi connectivity index (χ2n) is 5.47. The van der Waals surface area contributed by atoms with Crippen LogP contribution in [0.3, 0.4) is 0 Å². The molecule has 1 amide bonds. The van der Waals surface area contributed by atoms with Crippen LogP contribution in [0, 0.1) is 0 Å².